The van der Waals surface area contributed by atoms with Gasteiger partial charge in [0.25, 0.3) is 5.91 Å². The fraction of sp³-hybridized carbons (Fsp3) is 0.176. The zero-order valence-electron chi connectivity index (χ0n) is 13.0. The summed E-state index contributed by atoms with van der Waals surface area (Å²) in [5, 5.41) is 15.5. The molecule has 6 nitrogen and oxygen atoms in total. The Balaban J connectivity index is 1.52. The number of amides is 1. The van der Waals surface area contributed by atoms with Crippen LogP contribution in [-0.2, 0) is 0 Å². The van der Waals surface area contributed by atoms with Gasteiger partial charge >= 0.3 is 0 Å². The van der Waals surface area contributed by atoms with Gasteiger partial charge in [0.2, 0.25) is 0 Å². The maximum atomic E-state index is 12.3. The van der Waals surface area contributed by atoms with Gasteiger partial charge in [0.05, 0.1) is 6.04 Å². The molecule has 25 heavy (non-hydrogen) atoms. The first-order chi connectivity index (χ1) is 12.1. The number of hydrogen-bond acceptors (Lipinski definition) is 4. The number of carbonyl (C=O) groups excluding carboxylic acids is 1. The first-order valence-electron chi connectivity index (χ1n) is 7.76. The lowest BCUT2D eigenvalue weighted by atomic mass is 10.1. The number of carbonyl (C=O) groups is 1. The largest absolute Gasteiger partial charge is 0.322 e. The molecule has 0 aliphatic heterocycles. The van der Waals surface area contributed by atoms with Gasteiger partial charge in [-0.25, -0.2) is 4.68 Å². The van der Waals surface area contributed by atoms with E-state index in [1.165, 1.54) is 0 Å². The van der Waals surface area contributed by atoms with Gasteiger partial charge in [-0.2, -0.15) is 0 Å². The number of aromatic nitrogens is 4. The zero-order chi connectivity index (χ0) is 17.4. The summed E-state index contributed by atoms with van der Waals surface area (Å²) in [6.07, 6.45) is 2.21. The van der Waals surface area contributed by atoms with Crippen molar-refractivity contribution in [1.82, 2.24) is 20.2 Å². The van der Waals surface area contributed by atoms with E-state index in [9.17, 15) is 4.79 Å². The molecule has 8 heteroatoms. The SMILES string of the molecule is O=C(Nc1ccc(-c2nnnn2C2CC2)cc1)c1cc(Cl)cc(Cl)c1. The highest BCUT2D eigenvalue weighted by molar-refractivity contribution is 6.35. The lowest BCUT2D eigenvalue weighted by molar-refractivity contribution is 0.102. The van der Waals surface area contributed by atoms with Gasteiger partial charge in [-0.05, 0) is 65.7 Å². The summed E-state index contributed by atoms with van der Waals surface area (Å²) in [6.45, 7) is 0. The molecule has 1 saturated carbocycles. The van der Waals surface area contributed by atoms with E-state index in [1.807, 2.05) is 28.9 Å². The minimum atomic E-state index is -0.278. The van der Waals surface area contributed by atoms with Gasteiger partial charge < -0.3 is 5.32 Å². The Bertz CT molecular complexity index is 914. The average molecular weight is 374 g/mol. The standard InChI is InChI=1S/C17H13Cl2N5O/c18-12-7-11(8-13(19)9-12)17(25)20-14-3-1-10(2-4-14)16-21-22-23-24(16)15-5-6-15/h1-4,7-9,15H,5-6H2,(H,20,25). The Hall–Kier alpha value is -2.44. The van der Waals surface area contributed by atoms with E-state index in [0.29, 0.717) is 27.3 Å². The van der Waals surface area contributed by atoms with Crippen molar-refractivity contribution in [3.05, 3.63) is 58.1 Å². The molecule has 1 heterocycles. The number of benzene rings is 2. The summed E-state index contributed by atoms with van der Waals surface area (Å²) in [5.41, 5.74) is 1.97. The highest BCUT2D eigenvalue weighted by atomic mass is 35.5. The number of anilines is 1. The van der Waals surface area contributed by atoms with Crippen molar-refractivity contribution >= 4 is 34.8 Å². The van der Waals surface area contributed by atoms with Crippen LogP contribution < -0.4 is 5.32 Å². The van der Waals surface area contributed by atoms with E-state index < -0.39 is 0 Å². The second kappa shape index (κ2) is 6.46. The lowest BCUT2D eigenvalue weighted by Gasteiger charge is -2.07. The summed E-state index contributed by atoms with van der Waals surface area (Å²) < 4.78 is 1.85. The molecule has 126 valence electrons. The topological polar surface area (TPSA) is 72.7 Å². The lowest BCUT2D eigenvalue weighted by Crippen LogP contribution is -2.11. The Morgan fingerprint density at radius 2 is 1.76 bits per heavy atom. The summed E-state index contributed by atoms with van der Waals surface area (Å²) in [5.74, 6) is 0.460. The fourth-order valence-corrected chi connectivity index (χ4v) is 3.07. The monoisotopic (exact) mass is 373 g/mol. The third-order valence-corrected chi connectivity index (χ3v) is 4.35. The van der Waals surface area contributed by atoms with Gasteiger partial charge in [0.15, 0.2) is 5.82 Å². The van der Waals surface area contributed by atoms with Crippen molar-refractivity contribution in [2.24, 2.45) is 0 Å². The maximum absolute atomic E-state index is 12.3. The van der Waals surface area contributed by atoms with Crippen molar-refractivity contribution in [2.45, 2.75) is 18.9 Å². The van der Waals surface area contributed by atoms with Crippen molar-refractivity contribution in [2.75, 3.05) is 5.32 Å². The van der Waals surface area contributed by atoms with Crippen LogP contribution in [0.3, 0.4) is 0 Å². The molecule has 1 fully saturated rings. The normalized spacial score (nSPS) is 13.7. The molecule has 4 rings (SSSR count). The molecule has 0 unspecified atom stereocenters. The maximum Gasteiger partial charge on any atom is 0.255 e. The minimum absolute atomic E-state index is 0.278. The Labute approximate surface area is 153 Å². The van der Waals surface area contributed by atoms with E-state index in [-0.39, 0.29) is 5.91 Å². The van der Waals surface area contributed by atoms with E-state index in [0.717, 1.165) is 24.2 Å². The number of nitrogens with one attached hydrogen (secondary N) is 1. The van der Waals surface area contributed by atoms with Crippen molar-refractivity contribution < 1.29 is 4.79 Å². The van der Waals surface area contributed by atoms with E-state index in [4.69, 9.17) is 23.2 Å². The number of tetrazole rings is 1. The molecule has 0 saturated heterocycles. The molecule has 0 atom stereocenters. The van der Waals surface area contributed by atoms with Gasteiger partial charge in [0, 0.05) is 26.9 Å². The van der Waals surface area contributed by atoms with Crippen LogP contribution in [0.5, 0.6) is 0 Å². The van der Waals surface area contributed by atoms with Crippen molar-refractivity contribution in [3.63, 3.8) is 0 Å². The van der Waals surface area contributed by atoms with Crippen LogP contribution in [0, 0.1) is 0 Å². The summed E-state index contributed by atoms with van der Waals surface area (Å²) in [4.78, 5) is 12.3. The molecule has 1 aliphatic rings. The zero-order valence-corrected chi connectivity index (χ0v) is 14.5. The van der Waals surface area contributed by atoms with Crippen LogP contribution in [0.4, 0.5) is 5.69 Å². The average Bonchev–Trinajstić information content (AvgIpc) is 3.32. The van der Waals surface area contributed by atoms with Crippen LogP contribution >= 0.6 is 23.2 Å². The third kappa shape index (κ3) is 3.50. The summed E-state index contributed by atoms with van der Waals surface area (Å²) in [6, 6.07) is 12.5. The van der Waals surface area contributed by atoms with Crippen LogP contribution in [0.25, 0.3) is 11.4 Å². The molecule has 1 amide bonds. The van der Waals surface area contributed by atoms with Crippen LogP contribution in [-0.4, -0.2) is 26.1 Å². The molecule has 1 aliphatic carbocycles. The molecule has 1 aromatic heterocycles. The van der Waals surface area contributed by atoms with Gasteiger partial charge in [-0.1, -0.05) is 23.2 Å². The number of halogens is 2. The Morgan fingerprint density at radius 1 is 1.08 bits per heavy atom. The molecular weight excluding hydrogens is 361 g/mol. The predicted octanol–water partition coefficient (Wildman–Crippen LogP) is 4.23. The van der Waals surface area contributed by atoms with Crippen LogP contribution in [0.15, 0.2) is 42.5 Å². The molecule has 0 spiro atoms. The molecule has 0 bridgehead atoms. The molecular formula is C17H13Cl2N5O. The van der Waals surface area contributed by atoms with E-state index in [1.54, 1.807) is 18.2 Å². The van der Waals surface area contributed by atoms with Crippen LogP contribution in [0.2, 0.25) is 10.0 Å². The molecule has 1 N–H and O–H groups in total. The first kappa shape index (κ1) is 16.1. The Kier molecular flexibility index (Phi) is 4.15. The van der Waals surface area contributed by atoms with Crippen molar-refractivity contribution in [3.8, 4) is 11.4 Å². The van der Waals surface area contributed by atoms with E-state index >= 15 is 0 Å². The fourth-order valence-electron chi connectivity index (χ4n) is 2.54. The summed E-state index contributed by atoms with van der Waals surface area (Å²) >= 11 is 11.9. The highest BCUT2D eigenvalue weighted by Gasteiger charge is 2.28. The number of nitrogens with zero attached hydrogens (tertiary/aromatic N) is 4. The molecule has 2 aromatic carbocycles. The Morgan fingerprint density at radius 3 is 2.40 bits per heavy atom. The number of rotatable bonds is 4. The predicted molar refractivity (Wildman–Crippen MR) is 95.9 cm³/mol. The van der Waals surface area contributed by atoms with Gasteiger partial charge in [0.1, 0.15) is 0 Å². The van der Waals surface area contributed by atoms with Crippen LogP contribution in [0.1, 0.15) is 29.2 Å². The highest BCUT2D eigenvalue weighted by Crippen LogP contribution is 2.36. The first-order valence-corrected chi connectivity index (χ1v) is 8.51. The smallest absolute Gasteiger partial charge is 0.255 e. The molecule has 3 aromatic rings. The van der Waals surface area contributed by atoms with E-state index in [2.05, 4.69) is 20.8 Å². The molecule has 0 radical (unpaired) electrons. The third-order valence-electron chi connectivity index (χ3n) is 3.91. The second-order valence-electron chi connectivity index (χ2n) is 5.87. The van der Waals surface area contributed by atoms with Gasteiger partial charge in [-0.3, -0.25) is 4.79 Å². The number of hydrogen-bond donors (Lipinski definition) is 1. The van der Waals surface area contributed by atoms with Crippen molar-refractivity contribution in [1.29, 1.82) is 0 Å². The van der Waals surface area contributed by atoms with Gasteiger partial charge in [-0.15, -0.1) is 5.10 Å². The quantitative estimate of drug-likeness (QED) is 0.742. The second-order valence-corrected chi connectivity index (χ2v) is 6.74. The minimum Gasteiger partial charge on any atom is -0.322 e. The summed E-state index contributed by atoms with van der Waals surface area (Å²) in [7, 11) is 0.